The molecule has 0 saturated heterocycles. The highest BCUT2D eigenvalue weighted by Crippen LogP contribution is 2.40. The summed E-state index contributed by atoms with van der Waals surface area (Å²) in [5, 5.41) is 14.1. The fourth-order valence-electron chi connectivity index (χ4n) is 3.74. The van der Waals surface area contributed by atoms with Gasteiger partial charge in [0.05, 0.1) is 11.3 Å². The molecule has 1 amide bonds. The van der Waals surface area contributed by atoms with Gasteiger partial charge in [-0.2, -0.15) is 5.10 Å². The van der Waals surface area contributed by atoms with Gasteiger partial charge in [-0.1, -0.05) is 62.9 Å². The standard InChI is InChI=1S/C22H25N3OS2/c1-22(2,3)15-9-10-16-17(12-27-19(16)11-15)20(26)23-21-25-24-18(13-28-21)14-7-5-4-6-8-14/h4-8,12,15H,9-11,13H2,1-3H3,(H,23,25,26). The molecule has 1 aliphatic heterocycles. The van der Waals surface area contributed by atoms with Crippen molar-refractivity contribution < 1.29 is 4.79 Å². The summed E-state index contributed by atoms with van der Waals surface area (Å²) in [5.74, 6) is 1.33. The number of nitrogens with one attached hydrogen (secondary N) is 1. The predicted molar refractivity (Wildman–Crippen MR) is 120 cm³/mol. The summed E-state index contributed by atoms with van der Waals surface area (Å²) in [7, 11) is 0. The average molecular weight is 412 g/mol. The van der Waals surface area contributed by atoms with Crippen LogP contribution in [0, 0.1) is 11.3 Å². The summed E-state index contributed by atoms with van der Waals surface area (Å²) in [5.41, 5.74) is 4.37. The van der Waals surface area contributed by atoms with Crippen LogP contribution in [-0.4, -0.2) is 22.5 Å². The number of hydrogen-bond donors (Lipinski definition) is 1. The average Bonchev–Trinajstić information content (AvgIpc) is 3.12. The summed E-state index contributed by atoms with van der Waals surface area (Å²) in [6, 6.07) is 10.0. The van der Waals surface area contributed by atoms with E-state index in [0.29, 0.717) is 22.3 Å². The van der Waals surface area contributed by atoms with E-state index in [-0.39, 0.29) is 5.91 Å². The number of nitrogens with zero attached hydrogens (tertiary/aromatic N) is 2. The number of carbonyl (C=O) groups excluding carboxylic acids is 1. The van der Waals surface area contributed by atoms with Crippen molar-refractivity contribution >= 4 is 39.9 Å². The van der Waals surface area contributed by atoms with Crippen molar-refractivity contribution in [2.45, 2.75) is 40.0 Å². The Kier molecular flexibility index (Phi) is 5.43. The smallest absolute Gasteiger partial charge is 0.258 e. The van der Waals surface area contributed by atoms with E-state index in [0.717, 1.165) is 36.1 Å². The summed E-state index contributed by atoms with van der Waals surface area (Å²) in [6.07, 6.45) is 3.21. The molecular formula is C22H25N3OS2. The van der Waals surface area contributed by atoms with E-state index >= 15 is 0 Å². The van der Waals surface area contributed by atoms with Crippen LogP contribution in [0.5, 0.6) is 0 Å². The van der Waals surface area contributed by atoms with Crippen LogP contribution < -0.4 is 5.32 Å². The largest absolute Gasteiger partial charge is 0.300 e. The van der Waals surface area contributed by atoms with Crippen molar-refractivity contribution in [2.24, 2.45) is 21.5 Å². The Labute approximate surface area is 174 Å². The number of fused-ring (bicyclic) bond motifs is 1. The maximum Gasteiger partial charge on any atom is 0.258 e. The van der Waals surface area contributed by atoms with Crippen LogP contribution in [-0.2, 0) is 12.8 Å². The molecule has 0 radical (unpaired) electrons. The SMILES string of the molecule is CC(C)(C)C1CCc2c(C(=O)NC3=NN=C(c4ccccc4)CS3)csc2C1. The molecule has 6 heteroatoms. The first kappa shape index (κ1) is 19.4. The Bertz CT molecular complexity index is 938. The van der Waals surface area contributed by atoms with Crippen molar-refractivity contribution in [1.29, 1.82) is 0 Å². The molecule has 0 spiro atoms. The molecule has 2 aromatic rings. The topological polar surface area (TPSA) is 53.8 Å². The van der Waals surface area contributed by atoms with Crippen molar-refractivity contribution in [3.05, 3.63) is 57.3 Å². The van der Waals surface area contributed by atoms with Gasteiger partial charge < -0.3 is 0 Å². The van der Waals surface area contributed by atoms with E-state index in [4.69, 9.17) is 0 Å². The van der Waals surface area contributed by atoms with Gasteiger partial charge in [-0.15, -0.1) is 16.4 Å². The number of carbonyl (C=O) groups is 1. The van der Waals surface area contributed by atoms with Gasteiger partial charge in [0, 0.05) is 16.0 Å². The first-order valence-corrected chi connectivity index (χ1v) is 11.5. The van der Waals surface area contributed by atoms with Crippen LogP contribution in [0.1, 0.15) is 53.6 Å². The Morgan fingerprint density at radius 1 is 1.18 bits per heavy atom. The molecule has 1 N–H and O–H groups in total. The highest BCUT2D eigenvalue weighted by Gasteiger charge is 2.32. The van der Waals surface area contributed by atoms with Crippen LogP contribution >= 0.6 is 23.1 Å². The summed E-state index contributed by atoms with van der Waals surface area (Å²) < 4.78 is 0. The van der Waals surface area contributed by atoms with E-state index in [1.165, 1.54) is 22.2 Å². The van der Waals surface area contributed by atoms with Gasteiger partial charge in [-0.25, -0.2) is 0 Å². The highest BCUT2D eigenvalue weighted by atomic mass is 32.2. The zero-order chi connectivity index (χ0) is 19.7. The second-order valence-electron chi connectivity index (χ2n) is 8.42. The molecule has 2 heterocycles. The minimum Gasteiger partial charge on any atom is -0.300 e. The van der Waals surface area contributed by atoms with E-state index in [1.54, 1.807) is 11.3 Å². The lowest BCUT2D eigenvalue weighted by Crippen LogP contribution is -2.32. The van der Waals surface area contributed by atoms with Crippen molar-refractivity contribution in [3.8, 4) is 0 Å². The molecular weight excluding hydrogens is 386 g/mol. The third-order valence-electron chi connectivity index (χ3n) is 5.56. The molecule has 28 heavy (non-hydrogen) atoms. The van der Waals surface area contributed by atoms with E-state index in [9.17, 15) is 4.79 Å². The minimum absolute atomic E-state index is 0.0590. The number of hydrogen-bond acceptors (Lipinski definition) is 5. The maximum atomic E-state index is 12.8. The number of thiophene rings is 1. The lowest BCUT2D eigenvalue weighted by atomic mass is 9.72. The Balaban J connectivity index is 1.45. The molecule has 2 aliphatic rings. The third-order valence-corrected chi connectivity index (χ3v) is 7.49. The van der Waals surface area contributed by atoms with Crippen LogP contribution in [0.3, 0.4) is 0 Å². The van der Waals surface area contributed by atoms with Gasteiger partial charge >= 0.3 is 0 Å². The number of rotatable bonds is 2. The Hall–Kier alpha value is -1.92. The van der Waals surface area contributed by atoms with E-state index in [1.807, 2.05) is 35.7 Å². The Morgan fingerprint density at radius 2 is 1.96 bits per heavy atom. The predicted octanol–water partition coefficient (Wildman–Crippen LogP) is 5.14. The van der Waals surface area contributed by atoms with Crippen molar-refractivity contribution in [2.75, 3.05) is 5.75 Å². The molecule has 4 nitrogen and oxygen atoms in total. The molecule has 0 saturated carbocycles. The quantitative estimate of drug-likeness (QED) is 0.744. The minimum atomic E-state index is -0.0590. The summed E-state index contributed by atoms with van der Waals surface area (Å²) in [6.45, 7) is 6.94. The molecule has 1 aliphatic carbocycles. The van der Waals surface area contributed by atoms with Crippen LogP contribution in [0.25, 0.3) is 0 Å². The van der Waals surface area contributed by atoms with Gasteiger partial charge in [-0.05, 0) is 41.7 Å². The normalized spacial score (nSPS) is 19.5. The monoisotopic (exact) mass is 411 g/mol. The third kappa shape index (κ3) is 4.08. The maximum absolute atomic E-state index is 12.8. The summed E-state index contributed by atoms with van der Waals surface area (Å²) >= 11 is 3.25. The van der Waals surface area contributed by atoms with Gasteiger partial charge in [0.25, 0.3) is 5.91 Å². The molecule has 1 unspecified atom stereocenters. The van der Waals surface area contributed by atoms with Crippen LogP contribution in [0.15, 0.2) is 45.9 Å². The van der Waals surface area contributed by atoms with Crippen LogP contribution in [0.2, 0.25) is 0 Å². The molecule has 0 bridgehead atoms. The van der Waals surface area contributed by atoms with Gasteiger partial charge in [0.1, 0.15) is 0 Å². The molecule has 146 valence electrons. The van der Waals surface area contributed by atoms with Gasteiger partial charge in [0.2, 0.25) is 0 Å². The van der Waals surface area contributed by atoms with E-state index < -0.39 is 0 Å². The van der Waals surface area contributed by atoms with Crippen LogP contribution in [0.4, 0.5) is 0 Å². The molecule has 1 aromatic heterocycles. The second-order valence-corrected chi connectivity index (χ2v) is 10.3. The zero-order valence-electron chi connectivity index (χ0n) is 16.5. The molecule has 1 atom stereocenters. The fraction of sp³-hybridized carbons (Fsp3) is 0.409. The molecule has 1 aromatic carbocycles. The first-order chi connectivity index (χ1) is 13.4. The number of amidine groups is 1. The fourth-order valence-corrected chi connectivity index (χ4v) is 5.66. The second kappa shape index (κ2) is 7.84. The number of benzene rings is 1. The number of amides is 1. The molecule has 0 fully saturated rings. The van der Waals surface area contributed by atoms with Crippen molar-refractivity contribution in [1.82, 2.24) is 5.32 Å². The molecule has 4 rings (SSSR count). The number of thioether (sulfide) groups is 1. The van der Waals surface area contributed by atoms with Gasteiger partial charge in [0.15, 0.2) is 5.17 Å². The first-order valence-electron chi connectivity index (χ1n) is 9.65. The lowest BCUT2D eigenvalue weighted by Gasteiger charge is -2.34. The summed E-state index contributed by atoms with van der Waals surface area (Å²) in [4.78, 5) is 14.2. The van der Waals surface area contributed by atoms with E-state index in [2.05, 4.69) is 36.3 Å². The van der Waals surface area contributed by atoms with Crippen molar-refractivity contribution in [3.63, 3.8) is 0 Å². The van der Waals surface area contributed by atoms with Gasteiger partial charge in [-0.3, -0.25) is 10.1 Å². The lowest BCUT2D eigenvalue weighted by molar-refractivity contribution is 0.0977. The zero-order valence-corrected chi connectivity index (χ0v) is 18.1. The Morgan fingerprint density at radius 3 is 2.64 bits per heavy atom. The highest BCUT2D eigenvalue weighted by molar-refractivity contribution is 8.14.